The Morgan fingerprint density at radius 2 is 1.64 bits per heavy atom. The van der Waals surface area contributed by atoms with Crippen LogP contribution in [0.3, 0.4) is 0 Å². The lowest BCUT2D eigenvalue weighted by Gasteiger charge is -2.16. The SMILES string of the molecule is CCN1/C(=c2/s/c(=C3/C(=O)N(c4ccccc4)C(=S)N3C)n(CC)c2=O)Sc2ccccc21. The number of carbonyl (C=O) groups excluding carboxylic acids is 1. The van der Waals surface area contributed by atoms with E-state index in [-0.39, 0.29) is 11.5 Å². The van der Waals surface area contributed by atoms with Crippen LogP contribution < -0.4 is 24.6 Å². The van der Waals surface area contributed by atoms with E-state index in [9.17, 15) is 9.59 Å². The number of para-hydroxylation sites is 2. The summed E-state index contributed by atoms with van der Waals surface area (Å²) >= 11 is 8.59. The maximum Gasteiger partial charge on any atom is 0.284 e. The van der Waals surface area contributed by atoms with Gasteiger partial charge in [0.15, 0.2) is 5.11 Å². The number of hydrogen-bond acceptors (Lipinski definition) is 6. The van der Waals surface area contributed by atoms with Gasteiger partial charge in [-0.3, -0.25) is 19.1 Å². The second-order valence-electron chi connectivity index (χ2n) is 7.57. The van der Waals surface area contributed by atoms with Crippen molar-refractivity contribution in [3.63, 3.8) is 0 Å². The number of thiazole rings is 1. The number of amides is 1. The van der Waals surface area contributed by atoms with Crippen molar-refractivity contribution in [3.8, 4) is 0 Å². The second-order valence-corrected chi connectivity index (χ2v) is 9.97. The maximum atomic E-state index is 13.6. The largest absolute Gasteiger partial charge is 0.334 e. The molecule has 1 amide bonds. The first-order chi connectivity index (χ1) is 16.0. The molecule has 0 spiro atoms. The third kappa shape index (κ3) is 3.34. The molecule has 9 heteroatoms. The molecule has 0 aliphatic carbocycles. The standard InChI is InChI=1S/C24H22N4O2S3/c1-4-26-16-13-9-10-14-17(16)32-23(26)19-21(30)27(5-2)22(33-19)18-20(29)28(24(31)25(18)3)15-11-7-6-8-12-15/h6-14H,4-5H2,1-3H3/b22-18-,23-19-. The summed E-state index contributed by atoms with van der Waals surface area (Å²) in [7, 11) is 1.79. The fourth-order valence-electron chi connectivity index (χ4n) is 4.15. The molecule has 2 aliphatic heterocycles. The minimum Gasteiger partial charge on any atom is -0.334 e. The lowest BCUT2D eigenvalue weighted by atomic mass is 10.3. The summed E-state index contributed by atoms with van der Waals surface area (Å²) in [6, 6.07) is 17.5. The number of rotatable bonds is 3. The molecule has 3 heterocycles. The third-order valence-corrected chi connectivity index (χ3v) is 8.70. The van der Waals surface area contributed by atoms with Crippen LogP contribution >= 0.6 is 35.3 Å². The van der Waals surface area contributed by atoms with Gasteiger partial charge in [-0.15, -0.1) is 11.3 Å². The molecule has 0 unspecified atom stereocenters. The smallest absolute Gasteiger partial charge is 0.284 e. The van der Waals surface area contributed by atoms with Crippen molar-refractivity contribution in [2.75, 3.05) is 23.4 Å². The van der Waals surface area contributed by atoms with Crippen LogP contribution in [0.5, 0.6) is 0 Å². The molecule has 0 radical (unpaired) electrons. The zero-order valence-corrected chi connectivity index (χ0v) is 20.9. The second kappa shape index (κ2) is 8.48. The molecule has 2 aliphatic rings. The van der Waals surface area contributed by atoms with Gasteiger partial charge in [-0.1, -0.05) is 42.1 Å². The summed E-state index contributed by atoms with van der Waals surface area (Å²) in [5, 5.41) is 1.31. The number of nitrogens with zero attached hydrogens (tertiary/aromatic N) is 4. The van der Waals surface area contributed by atoms with Crippen LogP contribution in [0.1, 0.15) is 13.8 Å². The quantitative estimate of drug-likeness (QED) is 0.522. The highest BCUT2D eigenvalue weighted by Crippen LogP contribution is 2.45. The van der Waals surface area contributed by atoms with E-state index >= 15 is 0 Å². The van der Waals surface area contributed by atoms with Crippen LogP contribution in [-0.4, -0.2) is 34.1 Å². The maximum absolute atomic E-state index is 13.6. The van der Waals surface area contributed by atoms with Crippen molar-refractivity contribution in [3.05, 3.63) is 74.1 Å². The Kier molecular flexibility index (Phi) is 5.64. The van der Waals surface area contributed by atoms with Gasteiger partial charge in [0.25, 0.3) is 11.5 Å². The Morgan fingerprint density at radius 3 is 2.33 bits per heavy atom. The Labute approximate surface area is 205 Å². The van der Waals surface area contributed by atoms with Gasteiger partial charge in [-0.25, -0.2) is 0 Å². The normalized spacial score (nSPS) is 19.1. The molecular weight excluding hydrogens is 472 g/mol. The minimum atomic E-state index is -0.219. The van der Waals surface area contributed by atoms with E-state index in [0.717, 1.165) is 22.2 Å². The first-order valence-corrected chi connectivity index (χ1v) is 12.7. The topological polar surface area (TPSA) is 48.8 Å². The third-order valence-electron chi connectivity index (χ3n) is 5.75. The molecule has 1 fully saturated rings. The molecule has 2 aromatic carbocycles. The van der Waals surface area contributed by atoms with Gasteiger partial charge in [-0.2, -0.15) is 0 Å². The predicted molar refractivity (Wildman–Crippen MR) is 140 cm³/mol. The van der Waals surface area contributed by atoms with E-state index in [1.54, 1.807) is 28.3 Å². The monoisotopic (exact) mass is 494 g/mol. The number of aromatic nitrogens is 1. The van der Waals surface area contributed by atoms with E-state index in [2.05, 4.69) is 24.0 Å². The van der Waals surface area contributed by atoms with Crippen molar-refractivity contribution in [2.45, 2.75) is 25.3 Å². The average molecular weight is 495 g/mol. The van der Waals surface area contributed by atoms with Crippen molar-refractivity contribution >= 4 is 68.4 Å². The molecule has 168 valence electrons. The number of carbonyl (C=O) groups is 1. The fourth-order valence-corrected chi connectivity index (χ4v) is 7.06. The number of likely N-dealkylation sites (N-methyl/N-ethyl adjacent to an activating group) is 1. The zero-order valence-electron chi connectivity index (χ0n) is 18.4. The Morgan fingerprint density at radius 1 is 0.939 bits per heavy atom. The van der Waals surface area contributed by atoms with Crippen LogP contribution in [-0.2, 0) is 11.3 Å². The predicted octanol–water partition coefficient (Wildman–Crippen LogP) is 3.00. The molecule has 0 N–H and O–H groups in total. The number of hydrogen-bond donors (Lipinski definition) is 0. The first-order valence-electron chi connectivity index (χ1n) is 10.7. The highest BCUT2D eigenvalue weighted by Gasteiger charge is 2.39. The number of thiocarbonyl (C=S) groups is 1. The molecule has 0 saturated carbocycles. The molecule has 1 aromatic heterocycles. The first kappa shape index (κ1) is 21.9. The van der Waals surface area contributed by atoms with Crippen LogP contribution in [0.2, 0.25) is 0 Å². The molecular formula is C24H22N4O2S3. The van der Waals surface area contributed by atoms with E-state index in [4.69, 9.17) is 12.2 Å². The van der Waals surface area contributed by atoms with E-state index in [0.29, 0.717) is 32.2 Å². The van der Waals surface area contributed by atoms with Crippen molar-refractivity contribution < 1.29 is 4.79 Å². The van der Waals surface area contributed by atoms with Gasteiger partial charge < -0.3 is 9.80 Å². The summed E-state index contributed by atoms with van der Waals surface area (Å²) in [5.74, 6) is -0.219. The highest BCUT2D eigenvalue weighted by molar-refractivity contribution is 8.08. The Bertz CT molecular complexity index is 1460. The van der Waals surface area contributed by atoms with Gasteiger partial charge in [0.2, 0.25) is 0 Å². The van der Waals surface area contributed by atoms with Crippen molar-refractivity contribution in [2.24, 2.45) is 0 Å². The van der Waals surface area contributed by atoms with E-state index in [1.807, 2.05) is 49.4 Å². The van der Waals surface area contributed by atoms with Crippen LogP contribution in [0.25, 0.3) is 10.7 Å². The molecule has 3 aromatic rings. The molecule has 33 heavy (non-hydrogen) atoms. The van der Waals surface area contributed by atoms with Crippen molar-refractivity contribution in [1.29, 1.82) is 0 Å². The summed E-state index contributed by atoms with van der Waals surface area (Å²) < 4.78 is 2.96. The average Bonchev–Trinajstić information content (AvgIpc) is 3.43. The molecule has 1 saturated heterocycles. The van der Waals surface area contributed by atoms with Gasteiger partial charge in [0, 0.05) is 25.0 Å². The zero-order chi connectivity index (χ0) is 23.3. The van der Waals surface area contributed by atoms with Gasteiger partial charge in [-0.05, 0) is 50.3 Å². The summed E-state index contributed by atoms with van der Waals surface area (Å²) in [4.78, 5) is 33.7. The van der Waals surface area contributed by atoms with Gasteiger partial charge in [0.05, 0.1) is 11.4 Å². The number of anilines is 2. The van der Waals surface area contributed by atoms with Gasteiger partial charge >= 0.3 is 0 Å². The molecule has 0 atom stereocenters. The summed E-state index contributed by atoms with van der Waals surface area (Å²) in [5.41, 5.74) is 2.17. The Balaban J connectivity index is 1.76. The lowest BCUT2D eigenvalue weighted by Crippen LogP contribution is -2.35. The highest BCUT2D eigenvalue weighted by atomic mass is 32.2. The molecule has 5 rings (SSSR count). The Hall–Kier alpha value is -2.88. The number of benzene rings is 2. The van der Waals surface area contributed by atoms with E-state index < -0.39 is 0 Å². The molecule has 0 bridgehead atoms. The van der Waals surface area contributed by atoms with Crippen LogP contribution in [0, 0.1) is 0 Å². The summed E-state index contributed by atoms with van der Waals surface area (Å²) in [6.07, 6.45) is 0. The van der Waals surface area contributed by atoms with E-state index in [1.165, 1.54) is 16.2 Å². The number of thioether (sulfide) groups is 1. The van der Waals surface area contributed by atoms with Gasteiger partial charge in [0.1, 0.15) is 19.9 Å². The minimum absolute atomic E-state index is 0.0796. The lowest BCUT2D eigenvalue weighted by molar-refractivity contribution is -0.112. The van der Waals surface area contributed by atoms with Crippen LogP contribution in [0.4, 0.5) is 11.4 Å². The fraction of sp³-hybridized carbons (Fsp3) is 0.208. The molecule has 6 nitrogen and oxygen atoms in total. The summed E-state index contributed by atoms with van der Waals surface area (Å²) in [6.45, 7) is 5.21. The van der Waals surface area contributed by atoms with Crippen LogP contribution in [0.15, 0.2) is 64.3 Å². The van der Waals surface area contributed by atoms with Crippen molar-refractivity contribution in [1.82, 2.24) is 9.47 Å². The number of fused-ring (bicyclic) bond motifs is 1.